The molecular formula is C18H31NO7Si. The monoisotopic (exact) mass is 401 g/mol. The largest absolute Gasteiger partial charge is 0.500 e. The summed E-state index contributed by atoms with van der Waals surface area (Å²) in [5.41, 5.74) is -0.103. The summed E-state index contributed by atoms with van der Waals surface area (Å²) in [6.07, 6.45) is 0.130. The van der Waals surface area contributed by atoms with Gasteiger partial charge in [-0.15, -0.1) is 0 Å². The average Bonchev–Trinajstić information content (AvgIpc) is 2.67. The van der Waals surface area contributed by atoms with Crippen LogP contribution >= 0.6 is 0 Å². The van der Waals surface area contributed by atoms with Crippen LogP contribution < -0.4 is 14.8 Å². The number of carbonyl (C=O) groups excluding carboxylic acids is 1. The molecule has 0 radical (unpaired) electrons. The maximum atomic E-state index is 12.2. The molecule has 0 spiro atoms. The maximum Gasteiger partial charge on any atom is 0.500 e. The van der Waals surface area contributed by atoms with Gasteiger partial charge in [0.2, 0.25) is 0 Å². The fourth-order valence-corrected chi connectivity index (χ4v) is 4.26. The number of amides is 1. The minimum Gasteiger partial charge on any atom is -0.497 e. The Hall–Kier alpha value is -1.81. The predicted molar refractivity (Wildman–Crippen MR) is 103 cm³/mol. The molecule has 0 fully saturated rings. The molecule has 1 aromatic carbocycles. The van der Waals surface area contributed by atoms with Crippen LogP contribution in [0.1, 0.15) is 25.8 Å². The van der Waals surface area contributed by atoms with Crippen LogP contribution in [-0.2, 0) is 23.6 Å². The maximum absolute atomic E-state index is 12.2. The number of rotatable bonds is 11. The molecule has 0 unspecified atom stereocenters. The molecule has 0 saturated carbocycles. The molecule has 0 aliphatic rings. The standard InChI is InChI=1S/C18H31NO7Si/c1-18(2,14-11-15(21-3)13-16(12-14)22-4)26-17(20)19-9-8-10-27(23-5,24-6)25-7/h11-13H,8-10H2,1-7H3,(H,19,20). The van der Waals surface area contributed by atoms with Gasteiger partial charge in [0.05, 0.1) is 14.2 Å². The molecule has 0 atom stereocenters. The number of carbonyl (C=O) groups is 1. The minimum absolute atomic E-state index is 0.418. The second kappa shape index (κ2) is 10.5. The van der Waals surface area contributed by atoms with Crippen molar-refractivity contribution in [3.63, 3.8) is 0 Å². The van der Waals surface area contributed by atoms with Crippen molar-refractivity contribution in [2.75, 3.05) is 42.1 Å². The smallest absolute Gasteiger partial charge is 0.497 e. The highest BCUT2D eigenvalue weighted by Crippen LogP contribution is 2.32. The second-order valence-corrected chi connectivity index (χ2v) is 9.42. The number of benzene rings is 1. The van der Waals surface area contributed by atoms with E-state index < -0.39 is 20.5 Å². The van der Waals surface area contributed by atoms with Crippen molar-refractivity contribution in [1.29, 1.82) is 0 Å². The number of nitrogens with one attached hydrogen (secondary N) is 1. The van der Waals surface area contributed by atoms with Crippen LogP contribution in [0, 0.1) is 0 Å². The van der Waals surface area contributed by atoms with E-state index in [9.17, 15) is 4.79 Å². The van der Waals surface area contributed by atoms with E-state index in [-0.39, 0.29) is 0 Å². The lowest BCUT2D eigenvalue weighted by molar-refractivity contribution is 0.0360. The van der Waals surface area contributed by atoms with Gasteiger partial charge >= 0.3 is 14.9 Å². The highest BCUT2D eigenvalue weighted by Gasteiger charge is 2.37. The zero-order valence-electron chi connectivity index (χ0n) is 17.2. The van der Waals surface area contributed by atoms with E-state index in [1.807, 2.05) is 12.1 Å². The summed E-state index contributed by atoms with van der Waals surface area (Å²) in [6.45, 7) is 4.03. The Morgan fingerprint density at radius 2 is 1.48 bits per heavy atom. The molecule has 27 heavy (non-hydrogen) atoms. The van der Waals surface area contributed by atoms with Crippen molar-refractivity contribution in [1.82, 2.24) is 5.32 Å². The predicted octanol–water partition coefficient (Wildman–Crippen LogP) is 2.93. The highest BCUT2D eigenvalue weighted by molar-refractivity contribution is 6.60. The molecular weight excluding hydrogens is 370 g/mol. The Morgan fingerprint density at radius 1 is 0.963 bits per heavy atom. The van der Waals surface area contributed by atoms with E-state index in [4.69, 9.17) is 27.5 Å². The fraction of sp³-hybridized carbons (Fsp3) is 0.611. The number of hydrogen-bond acceptors (Lipinski definition) is 7. The molecule has 9 heteroatoms. The van der Waals surface area contributed by atoms with Gasteiger partial charge < -0.3 is 32.8 Å². The molecule has 1 amide bonds. The Bertz CT molecular complexity index is 575. The van der Waals surface area contributed by atoms with Crippen molar-refractivity contribution in [2.24, 2.45) is 0 Å². The van der Waals surface area contributed by atoms with E-state index >= 15 is 0 Å². The molecule has 0 aliphatic carbocycles. The molecule has 154 valence electrons. The first-order chi connectivity index (χ1) is 12.8. The number of methoxy groups -OCH3 is 2. The summed E-state index contributed by atoms with van der Waals surface area (Å²) in [4.78, 5) is 12.2. The van der Waals surface area contributed by atoms with Gasteiger partial charge in [0, 0.05) is 45.5 Å². The first-order valence-electron chi connectivity index (χ1n) is 8.61. The zero-order valence-corrected chi connectivity index (χ0v) is 18.2. The summed E-state index contributed by atoms with van der Waals surface area (Å²) < 4.78 is 32.2. The zero-order chi connectivity index (χ0) is 20.5. The van der Waals surface area contributed by atoms with E-state index in [2.05, 4.69) is 5.32 Å². The van der Waals surface area contributed by atoms with Crippen LogP contribution in [0.3, 0.4) is 0 Å². The Balaban J connectivity index is 2.63. The van der Waals surface area contributed by atoms with Crippen LogP contribution in [0.4, 0.5) is 4.79 Å². The van der Waals surface area contributed by atoms with Gasteiger partial charge in [0.1, 0.15) is 17.1 Å². The number of hydrogen-bond donors (Lipinski definition) is 1. The van der Waals surface area contributed by atoms with E-state index in [0.717, 1.165) is 5.56 Å². The van der Waals surface area contributed by atoms with E-state index in [1.54, 1.807) is 55.5 Å². The Morgan fingerprint density at radius 3 is 1.93 bits per heavy atom. The highest BCUT2D eigenvalue weighted by atomic mass is 28.4. The first kappa shape index (κ1) is 23.2. The van der Waals surface area contributed by atoms with Crippen molar-refractivity contribution >= 4 is 14.9 Å². The van der Waals surface area contributed by atoms with Gasteiger partial charge in [0.15, 0.2) is 0 Å². The topological polar surface area (TPSA) is 84.5 Å². The van der Waals surface area contributed by atoms with Gasteiger partial charge in [-0.1, -0.05) is 0 Å². The normalized spacial score (nSPS) is 11.8. The first-order valence-corrected chi connectivity index (χ1v) is 10.5. The third kappa shape index (κ3) is 6.69. The molecule has 0 heterocycles. The summed E-state index contributed by atoms with van der Waals surface area (Å²) in [5, 5.41) is 2.74. The molecule has 1 aromatic rings. The fourth-order valence-electron chi connectivity index (χ4n) is 2.53. The molecule has 0 bridgehead atoms. The lowest BCUT2D eigenvalue weighted by Crippen LogP contribution is -2.43. The van der Waals surface area contributed by atoms with Crippen LogP contribution in [0.2, 0.25) is 6.04 Å². The van der Waals surface area contributed by atoms with E-state index in [1.165, 1.54) is 0 Å². The van der Waals surface area contributed by atoms with Crippen molar-refractivity contribution < 1.29 is 32.3 Å². The summed E-state index contributed by atoms with van der Waals surface area (Å²) in [7, 11) is 5.20. The number of alkyl carbamates (subject to hydrolysis) is 1. The van der Waals surface area contributed by atoms with Gasteiger partial charge in [-0.3, -0.25) is 0 Å². The van der Waals surface area contributed by atoms with Gasteiger partial charge in [0.25, 0.3) is 0 Å². The second-order valence-electron chi connectivity index (χ2n) is 6.33. The average molecular weight is 402 g/mol. The molecule has 0 aliphatic heterocycles. The molecule has 1 rings (SSSR count). The van der Waals surface area contributed by atoms with Crippen molar-refractivity contribution in [2.45, 2.75) is 31.9 Å². The number of ether oxygens (including phenoxy) is 3. The third-order valence-electron chi connectivity index (χ3n) is 4.26. The van der Waals surface area contributed by atoms with Crippen LogP contribution in [0.5, 0.6) is 11.5 Å². The van der Waals surface area contributed by atoms with Crippen LogP contribution in [0.15, 0.2) is 18.2 Å². The summed E-state index contributed by atoms with van der Waals surface area (Å²) in [6, 6.07) is 5.97. The Labute approximate surface area is 162 Å². The molecule has 1 N–H and O–H groups in total. The van der Waals surface area contributed by atoms with Gasteiger partial charge in [-0.05, 0) is 32.4 Å². The van der Waals surface area contributed by atoms with Crippen molar-refractivity contribution in [3.05, 3.63) is 23.8 Å². The summed E-state index contributed by atoms with van der Waals surface area (Å²) in [5.74, 6) is 1.25. The molecule has 8 nitrogen and oxygen atoms in total. The molecule has 0 saturated heterocycles. The Kier molecular flexibility index (Phi) is 9.03. The lowest BCUT2D eigenvalue weighted by atomic mass is 9.97. The lowest BCUT2D eigenvalue weighted by Gasteiger charge is -2.27. The van der Waals surface area contributed by atoms with Gasteiger partial charge in [-0.25, -0.2) is 4.79 Å². The van der Waals surface area contributed by atoms with Gasteiger partial charge in [-0.2, -0.15) is 0 Å². The van der Waals surface area contributed by atoms with Crippen LogP contribution in [0.25, 0.3) is 0 Å². The van der Waals surface area contributed by atoms with Crippen LogP contribution in [-0.4, -0.2) is 57.0 Å². The molecule has 0 aromatic heterocycles. The minimum atomic E-state index is -2.63. The third-order valence-corrected chi connectivity index (χ3v) is 7.09. The quantitative estimate of drug-likeness (QED) is 0.451. The SMILES string of the molecule is COc1cc(OC)cc(C(C)(C)OC(=O)NCCC[Si](OC)(OC)OC)c1. The van der Waals surface area contributed by atoms with Crippen molar-refractivity contribution in [3.8, 4) is 11.5 Å². The summed E-state index contributed by atoms with van der Waals surface area (Å²) >= 11 is 0. The van der Waals surface area contributed by atoms with E-state index in [0.29, 0.717) is 30.5 Å².